The van der Waals surface area contributed by atoms with E-state index in [1.165, 1.54) is 17.4 Å². The van der Waals surface area contributed by atoms with E-state index in [0.717, 1.165) is 6.20 Å². The third-order valence-corrected chi connectivity index (χ3v) is 5.71. The highest BCUT2D eigenvalue weighted by Crippen LogP contribution is 2.26. The zero-order chi connectivity index (χ0) is 22.9. The first-order valence-corrected chi connectivity index (χ1v) is 10.4. The number of amides is 2. The van der Waals surface area contributed by atoms with E-state index in [0.29, 0.717) is 30.0 Å². The van der Waals surface area contributed by atoms with Gasteiger partial charge in [-0.15, -0.1) is 0 Å². The number of pyridine rings is 1. The summed E-state index contributed by atoms with van der Waals surface area (Å²) in [6.45, 7) is 1.05. The first-order chi connectivity index (χ1) is 16.0. The van der Waals surface area contributed by atoms with Gasteiger partial charge in [0.15, 0.2) is 11.6 Å². The van der Waals surface area contributed by atoms with Crippen LogP contribution in [0.5, 0.6) is 0 Å². The monoisotopic (exact) mass is 446 g/mol. The maximum Gasteiger partial charge on any atom is 0.295 e. The van der Waals surface area contributed by atoms with Crippen molar-refractivity contribution in [1.82, 2.24) is 29.3 Å². The zero-order valence-electron chi connectivity index (χ0n) is 17.4. The van der Waals surface area contributed by atoms with Crippen LogP contribution in [0.3, 0.4) is 0 Å². The van der Waals surface area contributed by atoms with Crippen LogP contribution in [0.4, 0.5) is 4.39 Å². The number of rotatable bonds is 4. The van der Waals surface area contributed by atoms with Crippen LogP contribution in [0.2, 0.25) is 0 Å². The number of aromatic nitrogens is 4. The lowest BCUT2D eigenvalue weighted by atomic mass is 10.1. The molecule has 4 aromatic rings. The van der Waals surface area contributed by atoms with Gasteiger partial charge in [0.2, 0.25) is 0 Å². The lowest BCUT2D eigenvalue weighted by Crippen LogP contribution is -2.52. The number of fused-ring (bicyclic) bond motifs is 1. The summed E-state index contributed by atoms with van der Waals surface area (Å²) >= 11 is 0. The molecule has 0 spiro atoms. The largest absolute Gasteiger partial charge is 0.357 e. The van der Waals surface area contributed by atoms with Crippen LogP contribution in [-0.2, 0) is 4.79 Å². The van der Waals surface area contributed by atoms with Gasteiger partial charge in [0.25, 0.3) is 17.6 Å². The van der Waals surface area contributed by atoms with Crippen molar-refractivity contribution in [1.29, 1.82) is 0 Å². The summed E-state index contributed by atoms with van der Waals surface area (Å²) in [5, 5.41) is 0.00458. The molecule has 5 rings (SSSR count). The maximum absolute atomic E-state index is 14.6. The zero-order valence-corrected chi connectivity index (χ0v) is 17.4. The molecule has 3 aromatic heterocycles. The number of imidazole rings is 1. The summed E-state index contributed by atoms with van der Waals surface area (Å²) in [6, 6.07) is 8.89. The Morgan fingerprint density at radius 1 is 1.00 bits per heavy atom. The number of piperazine rings is 1. The Morgan fingerprint density at radius 3 is 2.42 bits per heavy atom. The van der Waals surface area contributed by atoms with E-state index in [2.05, 4.69) is 15.0 Å². The predicted molar refractivity (Wildman–Crippen MR) is 116 cm³/mol. The number of H-pyrrole nitrogens is 1. The average Bonchev–Trinajstić information content (AvgIpc) is 3.55. The van der Waals surface area contributed by atoms with E-state index in [1.807, 2.05) is 6.07 Å². The number of carbonyl (C=O) groups excluding carboxylic acids is 3. The molecule has 1 saturated heterocycles. The molecule has 1 N–H and O–H groups in total. The van der Waals surface area contributed by atoms with Crippen molar-refractivity contribution in [2.45, 2.75) is 0 Å². The van der Waals surface area contributed by atoms with Gasteiger partial charge in [0.05, 0.1) is 22.7 Å². The number of aromatic amines is 1. The Balaban J connectivity index is 1.34. The molecule has 0 radical (unpaired) electrons. The number of nitrogens with zero attached hydrogens (tertiary/aromatic N) is 5. The number of hydrogen-bond acceptors (Lipinski definition) is 5. The third kappa shape index (κ3) is 3.65. The maximum atomic E-state index is 14.6. The van der Waals surface area contributed by atoms with Crippen molar-refractivity contribution in [3.63, 3.8) is 0 Å². The van der Waals surface area contributed by atoms with Crippen LogP contribution in [0.25, 0.3) is 16.7 Å². The lowest BCUT2D eigenvalue weighted by molar-refractivity contribution is -0.127. The minimum absolute atomic E-state index is 0.00458. The van der Waals surface area contributed by atoms with E-state index in [9.17, 15) is 18.8 Å². The van der Waals surface area contributed by atoms with Gasteiger partial charge in [-0.05, 0) is 12.1 Å². The van der Waals surface area contributed by atoms with Gasteiger partial charge in [-0.25, -0.2) is 14.4 Å². The molecule has 1 aliphatic heterocycles. The van der Waals surface area contributed by atoms with Gasteiger partial charge in [-0.3, -0.25) is 19.0 Å². The van der Waals surface area contributed by atoms with Crippen molar-refractivity contribution in [2.75, 3.05) is 26.2 Å². The third-order valence-electron chi connectivity index (χ3n) is 5.71. The van der Waals surface area contributed by atoms with E-state index in [4.69, 9.17) is 0 Å². The molecular weight excluding hydrogens is 427 g/mol. The van der Waals surface area contributed by atoms with Gasteiger partial charge >= 0.3 is 0 Å². The first-order valence-electron chi connectivity index (χ1n) is 10.4. The molecular formula is C23H19FN6O3. The van der Waals surface area contributed by atoms with E-state index in [1.54, 1.807) is 46.1 Å². The number of ketones is 1. The molecule has 1 aromatic carbocycles. The standard InChI is InChI=1S/C23H19FN6O3/c24-17-13-27-21(30-7-6-25-14-30)19-18(17)16(12-26-19)20(31)23(33)29-10-8-28(9-11-29)22(32)15-4-2-1-3-5-15/h1-7,12-14,26H,8-11H2. The van der Waals surface area contributed by atoms with Crippen LogP contribution in [-0.4, -0.2) is 73.1 Å². The summed E-state index contributed by atoms with van der Waals surface area (Å²) in [4.78, 5) is 52.5. The quantitative estimate of drug-likeness (QED) is 0.382. The van der Waals surface area contributed by atoms with Gasteiger partial charge < -0.3 is 14.8 Å². The summed E-state index contributed by atoms with van der Waals surface area (Å²) in [5.74, 6) is -2.01. The highest BCUT2D eigenvalue weighted by atomic mass is 19.1. The van der Waals surface area contributed by atoms with Crippen LogP contribution in [0, 0.1) is 5.82 Å². The van der Waals surface area contributed by atoms with Gasteiger partial charge in [-0.2, -0.15) is 0 Å². The van der Waals surface area contributed by atoms with Crippen LogP contribution >= 0.6 is 0 Å². The van der Waals surface area contributed by atoms with Crippen LogP contribution < -0.4 is 0 Å². The molecule has 4 heterocycles. The van der Waals surface area contributed by atoms with Gasteiger partial charge in [0.1, 0.15) is 6.33 Å². The molecule has 1 aliphatic rings. The summed E-state index contributed by atoms with van der Waals surface area (Å²) in [5.41, 5.74) is 0.811. The average molecular weight is 446 g/mol. The highest BCUT2D eigenvalue weighted by Gasteiger charge is 2.31. The summed E-state index contributed by atoms with van der Waals surface area (Å²) in [7, 11) is 0. The first kappa shape index (κ1) is 20.6. The Hall–Kier alpha value is -4.34. The van der Waals surface area contributed by atoms with Crippen molar-refractivity contribution < 1.29 is 18.8 Å². The highest BCUT2D eigenvalue weighted by molar-refractivity contribution is 6.45. The molecule has 33 heavy (non-hydrogen) atoms. The normalized spacial score (nSPS) is 14.0. The van der Waals surface area contributed by atoms with Crippen LogP contribution in [0.1, 0.15) is 20.7 Å². The topological polar surface area (TPSA) is 104 Å². The molecule has 1 fully saturated rings. The van der Waals surface area contributed by atoms with Gasteiger partial charge in [-0.1, -0.05) is 18.2 Å². The van der Waals surface area contributed by atoms with Crippen LogP contribution in [0.15, 0.2) is 61.4 Å². The number of Topliss-reactive ketones (excluding diaryl/α,β-unsaturated/α-hetero) is 1. The van der Waals surface area contributed by atoms with E-state index in [-0.39, 0.29) is 29.9 Å². The fraction of sp³-hybridized carbons (Fsp3) is 0.174. The van der Waals surface area contributed by atoms with E-state index < -0.39 is 17.5 Å². The number of benzene rings is 1. The fourth-order valence-electron chi connectivity index (χ4n) is 3.99. The molecule has 0 unspecified atom stereocenters. The Kier molecular flexibility index (Phi) is 5.17. The van der Waals surface area contributed by atoms with Crippen molar-refractivity contribution in [2.24, 2.45) is 0 Å². The number of nitrogens with one attached hydrogen (secondary N) is 1. The second kappa shape index (κ2) is 8.30. The lowest BCUT2D eigenvalue weighted by Gasteiger charge is -2.34. The molecule has 2 amide bonds. The summed E-state index contributed by atoms with van der Waals surface area (Å²) < 4.78 is 16.2. The molecule has 0 aliphatic carbocycles. The van der Waals surface area contributed by atoms with Crippen molar-refractivity contribution in [3.05, 3.63) is 78.4 Å². The molecule has 0 saturated carbocycles. The molecule has 0 bridgehead atoms. The minimum atomic E-state index is -0.814. The van der Waals surface area contributed by atoms with Gasteiger partial charge in [0, 0.05) is 50.3 Å². The Bertz CT molecular complexity index is 1340. The molecule has 0 atom stereocenters. The van der Waals surface area contributed by atoms with Crippen molar-refractivity contribution >= 4 is 28.5 Å². The predicted octanol–water partition coefficient (Wildman–Crippen LogP) is 2.05. The van der Waals surface area contributed by atoms with Crippen molar-refractivity contribution in [3.8, 4) is 5.82 Å². The fourth-order valence-corrected chi connectivity index (χ4v) is 3.99. The minimum Gasteiger partial charge on any atom is -0.357 e. The SMILES string of the molecule is O=C(C(=O)N1CCN(C(=O)c2ccccc2)CC1)c1c[nH]c2c(-n3ccnc3)ncc(F)c12. The molecule has 10 heteroatoms. The summed E-state index contributed by atoms with van der Waals surface area (Å²) in [6.07, 6.45) is 7.04. The molecule has 9 nitrogen and oxygen atoms in total. The van der Waals surface area contributed by atoms with E-state index >= 15 is 0 Å². The molecule has 166 valence electrons. The second-order valence-electron chi connectivity index (χ2n) is 7.63. The number of hydrogen-bond donors (Lipinski definition) is 1. The second-order valence-corrected chi connectivity index (χ2v) is 7.63. The smallest absolute Gasteiger partial charge is 0.295 e. The number of halogens is 1. The number of carbonyl (C=O) groups is 3. The Labute approximate surface area is 187 Å². The Morgan fingerprint density at radius 2 is 1.73 bits per heavy atom.